The number of nitrogens with one attached hydrogen (secondary N) is 1. The van der Waals surface area contributed by atoms with E-state index in [1.807, 2.05) is 19.9 Å². The van der Waals surface area contributed by atoms with Gasteiger partial charge in [-0.1, -0.05) is 39.3 Å². The largest absolute Gasteiger partial charge is 0.324 e. The number of benzene rings is 1. The molecule has 0 radical (unpaired) electrons. The molecule has 1 aromatic carbocycles. The topological polar surface area (TPSA) is 72.2 Å². The van der Waals surface area contributed by atoms with Crippen LogP contribution < -0.4 is 10.5 Å². The zero-order chi connectivity index (χ0) is 16.0. The molecule has 0 aromatic heterocycles. The fraction of sp³-hybridized carbons (Fsp3) is 0.625. The standard InChI is InChI=1S/C16H28N2O2S/c1-5-12(3)10-13(4)18-21(19,20)15-9-7-8-14(11-15)16(17)6-2/h7-9,11-13,16,18H,5-6,10,17H2,1-4H3. The molecule has 0 amide bonds. The molecule has 3 unspecified atom stereocenters. The maximum absolute atomic E-state index is 12.4. The van der Waals surface area contributed by atoms with Gasteiger partial charge < -0.3 is 5.73 Å². The first-order valence-electron chi connectivity index (χ1n) is 7.68. The number of rotatable bonds is 8. The van der Waals surface area contributed by atoms with Crippen molar-refractivity contribution in [2.24, 2.45) is 11.7 Å². The number of sulfonamides is 1. The molecule has 0 aliphatic rings. The summed E-state index contributed by atoms with van der Waals surface area (Å²) in [5.41, 5.74) is 6.83. The van der Waals surface area contributed by atoms with Gasteiger partial charge in [-0.05, 0) is 43.4 Å². The van der Waals surface area contributed by atoms with Crippen molar-refractivity contribution in [1.29, 1.82) is 0 Å². The van der Waals surface area contributed by atoms with Crippen LogP contribution in [0.2, 0.25) is 0 Å². The summed E-state index contributed by atoms with van der Waals surface area (Å²) in [6, 6.07) is 6.71. The monoisotopic (exact) mass is 312 g/mol. The van der Waals surface area contributed by atoms with Gasteiger partial charge in [0.1, 0.15) is 0 Å². The molecule has 0 spiro atoms. The Kier molecular flexibility index (Phi) is 6.84. The summed E-state index contributed by atoms with van der Waals surface area (Å²) < 4.78 is 27.6. The Hall–Kier alpha value is -0.910. The summed E-state index contributed by atoms with van der Waals surface area (Å²) in [6.45, 7) is 8.14. The van der Waals surface area contributed by atoms with E-state index < -0.39 is 10.0 Å². The fourth-order valence-corrected chi connectivity index (χ4v) is 3.61. The van der Waals surface area contributed by atoms with Crippen LogP contribution in [0.3, 0.4) is 0 Å². The van der Waals surface area contributed by atoms with Crippen LogP contribution in [-0.2, 0) is 10.0 Å². The van der Waals surface area contributed by atoms with Gasteiger partial charge in [0.25, 0.3) is 0 Å². The lowest BCUT2D eigenvalue weighted by Crippen LogP contribution is -2.33. The van der Waals surface area contributed by atoms with Gasteiger partial charge in [-0.15, -0.1) is 0 Å². The zero-order valence-corrected chi connectivity index (χ0v) is 14.3. The van der Waals surface area contributed by atoms with Gasteiger partial charge >= 0.3 is 0 Å². The smallest absolute Gasteiger partial charge is 0.240 e. The van der Waals surface area contributed by atoms with Crippen molar-refractivity contribution in [1.82, 2.24) is 4.72 Å². The van der Waals surface area contributed by atoms with Crippen LogP contribution in [0, 0.1) is 5.92 Å². The molecule has 120 valence electrons. The Balaban J connectivity index is 2.88. The van der Waals surface area contributed by atoms with Crippen LogP contribution in [0.15, 0.2) is 29.2 Å². The highest BCUT2D eigenvalue weighted by Crippen LogP contribution is 2.19. The highest BCUT2D eigenvalue weighted by molar-refractivity contribution is 7.89. The van der Waals surface area contributed by atoms with Crippen LogP contribution >= 0.6 is 0 Å². The molecule has 5 heteroatoms. The lowest BCUT2D eigenvalue weighted by molar-refractivity contribution is 0.445. The van der Waals surface area contributed by atoms with E-state index in [0.717, 1.165) is 24.8 Å². The molecule has 1 rings (SSSR count). The molecule has 21 heavy (non-hydrogen) atoms. The summed E-state index contributed by atoms with van der Waals surface area (Å²) in [5.74, 6) is 0.502. The quantitative estimate of drug-likeness (QED) is 0.774. The third-order valence-electron chi connectivity index (χ3n) is 3.85. The van der Waals surface area contributed by atoms with Crippen molar-refractivity contribution in [3.8, 4) is 0 Å². The maximum atomic E-state index is 12.4. The maximum Gasteiger partial charge on any atom is 0.240 e. The van der Waals surface area contributed by atoms with Gasteiger partial charge in [-0.2, -0.15) is 0 Å². The van der Waals surface area contributed by atoms with Gasteiger partial charge in [0.05, 0.1) is 4.90 Å². The van der Waals surface area contributed by atoms with E-state index in [9.17, 15) is 8.42 Å². The molecular formula is C16H28N2O2S. The number of hydrogen-bond acceptors (Lipinski definition) is 3. The Bertz CT molecular complexity index is 543. The molecule has 0 fully saturated rings. The first kappa shape index (κ1) is 18.1. The van der Waals surface area contributed by atoms with Crippen LogP contribution in [0.5, 0.6) is 0 Å². The average molecular weight is 312 g/mol. The second-order valence-electron chi connectivity index (χ2n) is 5.86. The van der Waals surface area contributed by atoms with Gasteiger partial charge in [0.2, 0.25) is 10.0 Å². The van der Waals surface area contributed by atoms with Gasteiger partial charge in [0, 0.05) is 12.1 Å². The summed E-state index contributed by atoms with van der Waals surface area (Å²) in [5, 5.41) is 0. The Morgan fingerprint density at radius 3 is 2.43 bits per heavy atom. The minimum atomic E-state index is -3.48. The van der Waals surface area contributed by atoms with E-state index in [4.69, 9.17) is 5.73 Å². The van der Waals surface area contributed by atoms with Gasteiger partial charge in [0.15, 0.2) is 0 Å². The van der Waals surface area contributed by atoms with Crippen LogP contribution in [0.1, 0.15) is 58.6 Å². The van der Waals surface area contributed by atoms with E-state index in [1.54, 1.807) is 18.2 Å². The van der Waals surface area contributed by atoms with E-state index in [-0.39, 0.29) is 12.1 Å². The second-order valence-corrected chi connectivity index (χ2v) is 7.57. The van der Waals surface area contributed by atoms with Crippen LogP contribution in [0.4, 0.5) is 0 Å². The molecule has 0 aliphatic heterocycles. The van der Waals surface area contributed by atoms with E-state index in [1.165, 1.54) is 0 Å². The highest BCUT2D eigenvalue weighted by atomic mass is 32.2. The zero-order valence-electron chi connectivity index (χ0n) is 13.5. The SMILES string of the molecule is CCC(C)CC(C)NS(=O)(=O)c1cccc(C(N)CC)c1. The third-order valence-corrected chi connectivity index (χ3v) is 5.43. The first-order valence-corrected chi connectivity index (χ1v) is 9.16. The molecule has 4 nitrogen and oxygen atoms in total. The molecule has 3 N–H and O–H groups in total. The minimum absolute atomic E-state index is 0.0755. The van der Waals surface area contributed by atoms with Crippen LogP contribution in [-0.4, -0.2) is 14.5 Å². The number of hydrogen-bond donors (Lipinski definition) is 2. The lowest BCUT2D eigenvalue weighted by atomic mass is 10.0. The molecule has 1 aromatic rings. The van der Waals surface area contributed by atoms with Crippen molar-refractivity contribution in [2.45, 2.75) is 63.9 Å². The first-order chi connectivity index (χ1) is 9.80. The average Bonchev–Trinajstić information content (AvgIpc) is 2.45. The van der Waals surface area contributed by atoms with E-state index in [2.05, 4.69) is 18.6 Å². The highest BCUT2D eigenvalue weighted by Gasteiger charge is 2.19. The van der Waals surface area contributed by atoms with Crippen molar-refractivity contribution >= 4 is 10.0 Å². The Morgan fingerprint density at radius 1 is 1.19 bits per heavy atom. The summed E-state index contributed by atoms with van der Waals surface area (Å²) in [4.78, 5) is 0.292. The van der Waals surface area contributed by atoms with Gasteiger partial charge in [-0.3, -0.25) is 0 Å². The molecule has 0 aliphatic carbocycles. The van der Waals surface area contributed by atoms with Crippen molar-refractivity contribution in [3.05, 3.63) is 29.8 Å². The summed E-state index contributed by atoms with van der Waals surface area (Å²) in [6.07, 6.45) is 2.66. The fourth-order valence-electron chi connectivity index (χ4n) is 2.30. The van der Waals surface area contributed by atoms with E-state index in [0.29, 0.717) is 10.8 Å². The van der Waals surface area contributed by atoms with Gasteiger partial charge in [-0.25, -0.2) is 13.1 Å². The molecule has 0 saturated carbocycles. The Morgan fingerprint density at radius 2 is 1.86 bits per heavy atom. The number of nitrogens with two attached hydrogens (primary N) is 1. The molecular weight excluding hydrogens is 284 g/mol. The minimum Gasteiger partial charge on any atom is -0.324 e. The molecule has 0 saturated heterocycles. The van der Waals surface area contributed by atoms with Crippen molar-refractivity contribution < 1.29 is 8.42 Å². The van der Waals surface area contributed by atoms with Crippen molar-refractivity contribution in [2.75, 3.05) is 0 Å². The summed E-state index contributed by atoms with van der Waals surface area (Å²) >= 11 is 0. The van der Waals surface area contributed by atoms with E-state index >= 15 is 0 Å². The Labute approximate surface area is 129 Å². The molecule has 3 atom stereocenters. The molecule has 0 heterocycles. The normalized spacial score (nSPS) is 16.4. The summed E-state index contributed by atoms with van der Waals surface area (Å²) in [7, 11) is -3.48. The predicted octanol–water partition coefficient (Wildman–Crippen LogP) is 3.20. The molecule has 0 bridgehead atoms. The van der Waals surface area contributed by atoms with Crippen LogP contribution in [0.25, 0.3) is 0 Å². The lowest BCUT2D eigenvalue weighted by Gasteiger charge is -2.18. The van der Waals surface area contributed by atoms with Crippen molar-refractivity contribution in [3.63, 3.8) is 0 Å². The third kappa shape index (κ3) is 5.41. The predicted molar refractivity (Wildman–Crippen MR) is 87.5 cm³/mol. The second kappa shape index (κ2) is 7.92.